The van der Waals surface area contributed by atoms with Crippen molar-refractivity contribution in [1.82, 2.24) is 15.0 Å². The van der Waals surface area contributed by atoms with Crippen LogP contribution in [0.5, 0.6) is 11.5 Å². The summed E-state index contributed by atoms with van der Waals surface area (Å²) in [5, 5.41) is 9.06. The van der Waals surface area contributed by atoms with Crippen molar-refractivity contribution >= 4 is 23.9 Å². The van der Waals surface area contributed by atoms with Crippen LogP contribution in [0.15, 0.2) is 41.2 Å². The quantitative estimate of drug-likeness (QED) is 0.104. The van der Waals surface area contributed by atoms with E-state index in [0.717, 1.165) is 31.9 Å². The van der Waals surface area contributed by atoms with Crippen LogP contribution in [0.2, 0.25) is 0 Å². The molecule has 1 fully saturated rings. The molecule has 0 N–H and O–H groups in total. The molecular formula is C36H37N3O13. The van der Waals surface area contributed by atoms with Gasteiger partial charge in [-0.15, -0.1) is 5.10 Å². The summed E-state index contributed by atoms with van der Waals surface area (Å²) >= 11 is 0. The van der Waals surface area contributed by atoms with Crippen molar-refractivity contribution in [2.75, 3.05) is 27.4 Å². The highest BCUT2D eigenvalue weighted by molar-refractivity contribution is 6.07. The van der Waals surface area contributed by atoms with Gasteiger partial charge in [0.2, 0.25) is 0 Å². The molecule has 16 nitrogen and oxygen atoms in total. The second kappa shape index (κ2) is 14.9. The lowest BCUT2D eigenvalue weighted by Gasteiger charge is -2.44. The molecule has 6 rings (SSSR count). The smallest absolute Gasteiger partial charge is 0.303 e. The molecule has 4 aromatic rings. The molecule has 1 aromatic heterocycles. The molecule has 2 heterocycles. The van der Waals surface area contributed by atoms with E-state index < -0.39 is 54.6 Å². The Kier molecular flexibility index (Phi) is 10.4. The molecule has 1 aliphatic heterocycles. The molecule has 274 valence electrons. The number of carbonyl (C=O) groups excluding carboxylic acids is 4. The van der Waals surface area contributed by atoms with Crippen molar-refractivity contribution in [2.45, 2.75) is 71.4 Å². The van der Waals surface area contributed by atoms with Crippen molar-refractivity contribution in [3.05, 3.63) is 46.6 Å². The Balaban J connectivity index is 1.29. The lowest BCUT2D eigenvalue weighted by atomic mass is 9.92. The number of hydrogen-bond acceptors (Lipinski definition) is 15. The van der Waals surface area contributed by atoms with Crippen LogP contribution >= 0.6 is 0 Å². The lowest BCUT2D eigenvalue weighted by molar-refractivity contribution is -0.308. The molecule has 1 aliphatic carbocycles. The number of hydrogen-bond donors (Lipinski definition) is 0. The van der Waals surface area contributed by atoms with E-state index >= 15 is 0 Å². The SMILES string of the molecule is COc1ccc2c(c1)-c1nnn(CCCO[C@@H]3O[C@H](COC(C)=O)[C@H](OC(C)=O)[C@H](OC(C)=O)[C@H]3OC(C)=O)c1-c1cc(OC)ccc1-c1c-2c1=O. The van der Waals surface area contributed by atoms with Crippen LogP contribution in [0, 0.1) is 0 Å². The standard InChI is InChI=1S/C36H37N3O13/c1-17(40)48-16-27-33(49-18(2)41)34(50-19(3)42)35(51-20(4)43)36(52-27)47-13-7-12-39-31-26-15-22(46-6)9-11-24(26)29-28(32(29)44)23-10-8-21(45-5)14-25(23)30(31)37-38-39/h8-11,14-15,27,33-36H,7,12-13,16H2,1-6H3/t27-,33+,34+,35-,36-/m1/s1. The number of carbonyl (C=O) groups is 4. The Hall–Kier alpha value is -5.61. The molecule has 0 amide bonds. The van der Waals surface area contributed by atoms with Gasteiger partial charge in [-0.05, 0) is 53.9 Å². The molecule has 0 saturated carbocycles. The average molecular weight is 720 g/mol. The second-order valence-electron chi connectivity index (χ2n) is 12.2. The van der Waals surface area contributed by atoms with Crippen molar-refractivity contribution in [1.29, 1.82) is 0 Å². The topological polar surface area (TPSA) is 190 Å². The first-order valence-electron chi connectivity index (χ1n) is 16.4. The summed E-state index contributed by atoms with van der Waals surface area (Å²) in [6, 6.07) is 10.9. The first kappa shape index (κ1) is 36.2. The summed E-state index contributed by atoms with van der Waals surface area (Å²) in [6.07, 6.45) is -6.15. The number of methoxy groups -OCH3 is 2. The first-order chi connectivity index (χ1) is 24.9. The molecule has 52 heavy (non-hydrogen) atoms. The van der Waals surface area contributed by atoms with E-state index in [1.165, 1.54) is 6.92 Å². The van der Waals surface area contributed by atoms with E-state index in [1.54, 1.807) is 31.0 Å². The van der Waals surface area contributed by atoms with E-state index in [2.05, 4.69) is 10.3 Å². The number of ether oxygens (including phenoxy) is 8. The number of fused-ring (bicyclic) bond motifs is 8. The molecule has 1 saturated heterocycles. The number of nitrogens with zero attached hydrogens (tertiary/aromatic N) is 3. The van der Waals surface area contributed by atoms with Gasteiger partial charge in [0.15, 0.2) is 30.0 Å². The fourth-order valence-corrected chi connectivity index (χ4v) is 6.47. The molecule has 0 unspecified atom stereocenters. The van der Waals surface area contributed by atoms with Crippen LogP contribution in [-0.2, 0) is 54.1 Å². The maximum Gasteiger partial charge on any atom is 0.303 e. The number of esters is 4. The summed E-state index contributed by atoms with van der Waals surface area (Å²) < 4.78 is 46.4. The van der Waals surface area contributed by atoms with Gasteiger partial charge < -0.3 is 37.9 Å². The Morgan fingerprint density at radius 1 is 0.750 bits per heavy atom. The fraction of sp³-hybridized carbons (Fsp3) is 0.417. The van der Waals surface area contributed by atoms with Gasteiger partial charge in [0.25, 0.3) is 0 Å². The summed E-state index contributed by atoms with van der Waals surface area (Å²) in [7, 11) is 3.11. The summed E-state index contributed by atoms with van der Waals surface area (Å²) in [5.41, 5.74) is 5.17. The number of aryl methyl sites for hydroxylation is 1. The molecule has 2 aliphatic rings. The fourth-order valence-electron chi connectivity index (χ4n) is 6.47. The van der Waals surface area contributed by atoms with E-state index in [9.17, 15) is 24.0 Å². The van der Waals surface area contributed by atoms with Crippen LogP contribution in [-0.4, -0.2) is 97.0 Å². The minimum atomic E-state index is -1.35. The molecule has 0 radical (unpaired) electrons. The molecular weight excluding hydrogens is 682 g/mol. The predicted molar refractivity (Wildman–Crippen MR) is 180 cm³/mol. The van der Waals surface area contributed by atoms with Crippen LogP contribution in [0.4, 0.5) is 0 Å². The van der Waals surface area contributed by atoms with Gasteiger partial charge >= 0.3 is 23.9 Å². The summed E-state index contributed by atoms with van der Waals surface area (Å²) in [6.45, 7) is 4.53. The van der Waals surface area contributed by atoms with E-state index in [0.29, 0.717) is 51.6 Å². The van der Waals surface area contributed by atoms with E-state index in [1.807, 2.05) is 24.3 Å². The Morgan fingerprint density at radius 3 is 1.92 bits per heavy atom. The van der Waals surface area contributed by atoms with Crippen molar-refractivity contribution in [2.24, 2.45) is 0 Å². The van der Waals surface area contributed by atoms with Gasteiger partial charge in [-0.1, -0.05) is 5.21 Å². The number of benzene rings is 2. The Bertz CT molecular complexity index is 2030. The highest BCUT2D eigenvalue weighted by atomic mass is 16.7. The highest BCUT2D eigenvalue weighted by Crippen LogP contribution is 2.49. The number of rotatable bonds is 12. The molecule has 3 aromatic carbocycles. The Labute approximate surface area is 297 Å². The van der Waals surface area contributed by atoms with Crippen LogP contribution < -0.4 is 14.9 Å². The third-order valence-electron chi connectivity index (χ3n) is 8.62. The van der Waals surface area contributed by atoms with Gasteiger partial charge in [-0.3, -0.25) is 24.0 Å². The zero-order valence-corrected chi connectivity index (χ0v) is 29.3. The lowest BCUT2D eigenvalue weighted by Crippen LogP contribution is -2.63. The van der Waals surface area contributed by atoms with Crippen LogP contribution in [0.25, 0.3) is 44.8 Å². The van der Waals surface area contributed by atoms with E-state index in [4.69, 9.17) is 37.9 Å². The van der Waals surface area contributed by atoms with Gasteiger partial charge in [0, 0.05) is 56.5 Å². The maximum absolute atomic E-state index is 13.2. The number of aromatic nitrogens is 3. The van der Waals surface area contributed by atoms with Crippen molar-refractivity contribution in [3.63, 3.8) is 0 Å². The van der Waals surface area contributed by atoms with Crippen molar-refractivity contribution in [3.8, 4) is 56.3 Å². The monoisotopic (exact) mass is 719 g/mol. The average Bonchev–Trinajstić information content (AvgIpc) is 3.56. The molecule has 5 atom stereocenters. The zero-order valence-electron chi connectivity index (χ0n) is 29.3. The van der Waals surface area contributed by atoms with Gasteiger partial charge in [0.05, 0.1) is 26.5 Å². The first-order valence-corrected chi connectivity index (χ1v) is 16.4. The van der Waals surface area contributed by atoms with Crippen LogP contribution in [0.1, 0.15) is 34.1 Å². The minimum absolute atomic E-state index is 0.00549. The zero-order chi connectivity index (χ0) is 37.3. The van der Waals surface area contributed by atoms with Crippen LogP contribution in [0.3, 0.4) is 0 Å². The largest absolute Gasteiger partial charge is 0.497 e. The summed E-state index contributed by atoms with van der Waals surface area (Å²) in [5.74, 6) is -1.69. The van der Waals surface area contributed by atoms with Gasteiger partial charge in [0.1, 0.15) is 29.9 Å². The third-order valence-corrected chi connectivity index (χ3v) is 8.62. The van der Waals surface area contributed by atoms with Crippen molar-refractivity contribution < 1.29 is 57.1 Å². The summed E-state index contributed by atoms with van der Waals surface area (Å²) in [4.78, 5) is 61.3. The normalized spacial score (nSPS) is 20.2. The highest BCUT2D eigenvalue weighted by Gasteiger charge is 2.52. The molecule has 0 bridgehead atoms. The predicted octanol–water partition coefficient (Wildman–Crippen LogP) is 3.00. The Morgan fingerprint density at radius 2 is 1.33 bits per heavy atom. The second-order valence-corrected chi connectivity index (χ2v) is 12.2. The van der Waals surface area contributed by atoms with E-state index in [-0.39, 0.29) is 25.2 Å². The van der Waals surface area contributed by atoms with Gasteiger partial charge in [-0.25, -0.2) is 4.68 Å². The molecule has 16 heteroatoms. The van der Waals surface area contributed by atoms with Gasteiger partial charge in [-0.2, -0.15) is 0 Å². The molecule has 0 spiro atoms. The minimum Gasteiger partial charge on any atom is -0.497 e. The third kappa shape index (κ3) is 7.25. The maximum atomic E-state index is 13.2.